The van der Waals surface area contributed by atoms with Crippen LogP contribution in [-0.4, -0.2) is 4.57 Å². The Bertz CT molecular complexity index is 2550. The van der Waals surface area contributed by atoms with Crippen molar-refractivity contribution >= 4 is 43.7 Å². The summed E-state index contributed by atoms with van der Waals surface area (Å²) in [6.07, 6.45) is 0. The van der Waals surface area contributed by atoms with Gasteiger partial charge in [0.1, 0.15) is 5.58 Å². The zero-order valence-corrected chi connectivity index (χ0v) is 26.9. The number of aryl methyl sites for hydroxylation is 3. The second kappa shape index (κ2) is 11.8. The first-order valence-corrected chi connectivity index (χ1v) is 16.2. The maximum Gasteiger partial charge on any atom is 0.159 e. The minimum Gasteiger partial charge on any atom is -0.454 e. The van der Waals surface area contributed by atoms with Crippen LogP contribution >= 0.6 is 0 Å². The Morgan fingerprint density at radius 1 is 0.426 bits per heavy atom. The first-order chi connectivity index (χ1) is 23.1. The van der Waals surface area contributed by atoms with E-state index in [0.717, 1.165) is 27.6 Å². The molecule has 0 atom stereocenters. The predicted octanol–water partition coefficient (Wildman–Crippen LogP) is 12.6. The van der Waals surface area contributed by atoms with E-state index in [0.29, 0.717) is 0 Å². The summed E-state index contributed by atoms with van der Waals surface area (Å²) in [4.78, 5) is 0. The Morgan fingerprint density at radius 3 is 1.87 bits per heavy atom. The summed E-state index contributed by atoms with van der Waals surface area (Å²) in [5.41, 5.74) is 14.1. The molecular weight excluding hydrogens is 571 g/mol. The molecule has 7 aromatic carbocycles. The Morgan fingerprint density at radius 2 is 1.06 bits per heavy atom. The molecule has 2 heteroatoms. The third kappa shape index (κ3) is 5.09. The number of hydrogen-bond acceptors (Lipinski definition) is 1. The summed E-state index contributed by atoms with van der Waals surface area (Å²) in [6, 6.07) is 56.0. The van der Waals surface area contributed by atoms with Crippen molar-refractivity contribution in [2.75, 3.05) is 0 Å². The zero-order valence-electron chi connectivity index (χ0n) is 26.9. The largest absolute Gasteiger partial charge is 0.454 e. The SMILES string of the molecule is Cc1ccccc1.Cc1ccccc1-c1cc(-c2ccc3c(c2)c2ccccc2n3-c2cccc3c2oc2ccccc23)ccc1C. The van der Waals surface area contributed by atoms with Gasteiger partial charge in [0.05, 0.1) is 16.7 Å². The van der Waals surface area contributed by atoms with E-state index in [-0.39, 0.29) is 0 Å². The first kappa shape index (κ1) is 28.6. The lowest BCUT2D eigenvalue weighted by atomic mass is 9.92. The van der Waals surface area contributed by atoms with E-state index in [1.54, 1.807) is 0 Å². The van der Waals surface area contributed by atoms with Crippen LogP contribution in [0.4, 0.5) is 0 Å². The van der Waals surface area contributed by atoms with Crippen LogP contribution in [0.15, 0.2) is 162 Å². The summed E-state index contributed by atoms with van der Waals surface area (Å²) < 4.78 is 8.81. The molecule has 9 rings (SSSR count). The van der Waals surface area contributed by atoms with Crippen LogP contribution in [0.25, 0.3) is 71.7 Å². The highest BCUT2D eigenvalue weighted by Crippen LogP contribution is 2.40. The molecule has 9 aromatic rings. The van der Waals surface area contributed by atoms with Gasteiger partial charge in [-0.3, -0.25) is 0 Å². The molecule has 0 saturated carbocycles. The van der Waals surface area contributed by atoms with Crippen LogP contribution in [0.2, 0.25) is 0 Å². The molecule has 2 nitrogen and oxygen atoms in total. The molecule has 0 spiro atoms. The van der Waals surface area contributed by atoms with Crippen LogP contribution in [0.1, 0.15) is 16.7 Å². The van der Waals surface area contributed by atoms with Gasteiger partial charge in [-0.15, -0.1) is 0 Å². The highest BCUT2D eigenvalue weighted by molar-refractivity contribution is 6.13. The molecule has 2 aromatic heterocycles. The molecule has 0 amide bonds. The second-order valence-corrected chi connectivity index (χ2v) is 12.3. The molecule has 2 heterocycles. The van der Waals surface area contributed by atoms with Gasteiger partial charge < -0.3 is 8.98 Å². The molecule has 0 fully saturated rings. The van der Waals surface area contributed by atoms with Gasteiger partial charge in [0.2, 0.25) is 0 Å². The van der Waals surface area contributed by atoms with Gasteiger partial charge in [-0.05, 0) is 90.6 Å². The van der Waals surface area contributed by atoms with Crippen molar-refractivity contribution in [2.45, 2.75) is 20.8 Å². The third-order valence-electron chi connectivity index (χ3n) is 9.24. The average Bonchev–Trinajstić information content (AvgIpc) is 3.65. The predicted molar refractivity (Wildman–Crippen MR) is 200 cm³/mol. The van der Waals surface area contributed by atoms with E-state index in [1.165, 1.54) is 60.8 Å². The lowest BCUT2D eigenvalue weighted by Crippen LogP contribution is -1.94. The van der Waals surface area contributed by atoms with Crippen LogP contribution < -0.4 is 0 Å². The lowest BCUT2D eigenvalue weighted by molar-refractivity contribution is 0.666. The van der Waals surface area contributed by atoms with Gasteiger partial charge in [-0.25, -0.2) is 0 Å². The molecule has 226 valence electrons. The van der Waals surface area contributed by atoms with Crippen molar-refractivity contribution < 1.29 is 4.42 Å². The number of para-hydroxylation sites is 3. The van der Waals surface area contributed by atoms with Gasteiger partial charge in [-0.1, -0.05) is 127 Å². The van der Waals surface area contributed by atoms with E-state index in [4.69, 9.17) is 4.42 Å². The van der Waals surface area contributed by atoms with E-state index in [2.05, 4.69) is 153 Å². The maximum absolute atomic E-state index is 6.45. The molecule has 0 unspecified atom stereocenters. The minimum atomic E-state index is 0.914. The third-order valence-corrected chi connectivity index (χ3v) is 9.24. The summed E-state index contributed by atoms with van der Waals surface area (Å²) in [5, 5.41) is 4.75. The summed E-state index contributed by atoms with van der Waals surface area (Å²) in [5.74, 6) is 0. The average molecular weight is 606 g/mol. The molecular formula is C45H35NO. The van der Waals surface area contributed by atoms with E-state index < -0.39 is 0 Å². The fourth-order valence-corrected chi connectivity index (χ4v) is 6.82. The number of furan rings is 1. The quantitative estimate of drug-likeness (QED) is 0.196. The Balaban J connectivity index is 0.000000413. The lowest BCUT2D eigenvalue weighted by Gasteiger charge is -2.12. The van der Waals surface area contributed by atoms with Gasteiger partial charge in [0.25, 0.3) is 0 Å². The van der Waals surface area contributed by atoms with E-state index in [1.807, 2.05) is 30.3 Å². The van der Waals surface area contributed by atoms with Gasteiger partial charge >= 0.3 is 0 Å². The summed E-state index contributed by atoms with van der Waals surface area (Å²) in [6.45, 7) is 6.46. The molecule has 0 saturated heterocycles. The van der Waals surface area contributed by atoms with Gasteiger partial charge in [-0.2, -0.15) is 0 Å². The van der Waals surface area contributed by atoms with Crippen LogP contribution in [0.5, 0.6) is 0 Å². The molecule has 47 heavy (non-hydrogen) atoms. The molecule has 0 aliphatic carbocycles. The van der Waals surface area contributed by atoms with Crippen molar-refractivity contribution in [1.29, 1.82) is 0 Å². The summed E-state index contributed by atoms with van der Waals surface area (Å²) >= 11 is 0. The van der Waals surface area contributed by atoms with Gasteiger partial charge in [0, 0.05) is 21.5 Å². The number of hydrogen-bond donors (Lipinski definition) is 0. The number of nitrogens with zero attached hydrogens (tertiary/aromatic N) is 1. The monoisotopic (exact) mass is 605 g/mol. The highest BCUT2D eigenvalue weighted by atomic mass is 16.3. The smallest absolute Gasteiger partial charge is 0.159 e. The molecule has 0 aliphatic heterocycles. The number of benzene rings is 7. The fourth-order valence-electron chi connectivity index (χ4n) is 6.82. The van der Waals surface area contributed by atoms with Crippen molar-refractivity contribution in [3.05, 3.63) is 174 Å². The molecule has 0 bridgehead atoms. The highest BCUT2D eigenvalue weighted by Gasteiger charge is 2.18. The van der Waals surface area contributed by atoms with Crippen molar-refractivity contribution in [3.63, 3.8) is 0 Å². The van der Waals surface area contributed by atoms with Crippen molar-refractivity contribution in [2.24, 2.45) is 0 Å². The van der Waals surface area contributed by atoms with E-state index >= 15 is 0 Å². The van der Waals surface area contributed by atoms with E-state index in [9.17, 15) is 0 Å². The van der Waals surface area contributed by atoms with Gasteiger partial charge in [0.15, 0.2) is 5.58 Å². The Kier molecular flexibility index (Phi) is 7.19. The van der Waals surface area contributed by atoms with Crippen LogP contribution in [0.3, 0.4) is 0 Å². The van der Waals surface area contributed by atoms with Crippen LogP contribution in [0, 0.1) is 20.8 Å². The maximum atomic E-state index is 6.45. The number of rotatable bonds is 3. The normalized spacial score (nSPS) is 11.3. The minimum absolute atomic E-state index is 0.914. The number of aromatic nitrogens is 1. The van der Waals surface area contributed by atoms with Crippen LogP contribution in [-0.2, 0) is 0 Å². The Labute approximate surface area is 275 Å². The zero-order chi connectivity index (χ0) is 31.9. The second-order valence-electron chi connectivity index (χ2n) is 12.3. The van der Waals surface area contributed by atoms with Crippen molar-refractivity contribution in [3.8, 4) is 27.9 Å². The van der Waals surface area contributed by atoms with Crippen molar-refractivity contribution in [1.82, 2.24) is 4.57 Å². The Hall–Kier alpha value is -5.86. The molecule has 0 aliphatic rings. The molecule has 0 N–H and O–H groups in total. The number of fused-ring (bicyclic) bond motifs is 6. The summed E-state index contributed by atoms with van der Waals surface area (Å²) in [7, 11) is 0. The standard InChI is InChI=1S/C38H27NO.C7H8/c1-24-10-3-4-11-28(24)32-22-26(19-18-25(32)2)27-20-21-35-33(23-27)29-12-5-7-15-34(29)39(35)36-16-9-14-31-30-13-6-8-17-37(30)40-38(31)36;1-7-5-3-2-4-6-7/h3-23H,1-2H3;2-6H,1H3. The first-order valence-electron chi connectivity index (χ1n) is 16.2. The fraction of sp³-hybridized carbons (Fsp3) is 0.0667. The molecule has 0 radical (unpaired) electrons. The topological polar surface area (TPSA) is 18.1 Å².